The normalized spacial score (nSPS) is 13.2. The number of primary amides is 1. The fraction of sp³-hybridized carbons (Fsp3) is 0.667. The smallest absolute Gasteiger partial charge is 0.320 e. The van der Waals surface area contributed by atoms with Gasteiger partial charge in [-0.05, 0) is 0 Å². The standard InChI is InChI=1S/C12H20N2O7/c1-6(8(11(17)20-3)12(18)21-4)9(10(13)16)14-7(15)5-19-2/h6,8-9H,5H2,1-4H3,(H2,13,16)(H,14,15)/t6-,9-/m0/s1. The lowest BCUT2D eigenvalue weighted by molar-refractivity contribution is -0.162. The minimum absolute atomic E-state index is 0.294. The van der Waals surface area contributed by atoms with Crippen LogP contribution in [0.3, 0.4) is 0 Å². The predicted octanol–water partition coefficient (Wildman–Crippen LogP) is -1.80. The molecule has 0 bridgehead atoms. The van der Waals surface area contributed by atoms with E-state index in [4.69, 9.17) is 5.73 Å². The lowest BCUT2D eigenvalue weighted by atomic mass is 9.87. The second-order valence-electron chi connectivity index (χ2n) is 4.26. The van der Waals surface area contributed by atoms with Gasteiger partial charge in [-0.2, -0.15) is 0 Å². The van der Waals surface area contributed by atoms with Gasteiger partial charge in [0.05, 0.1) is 14.2 Å². The van der Waals surface area contributed by atoms with Crippen LogP contribution in [0.15, 0.2) is 0 Å². The van der Waals surface area contributed by atoms with E-state index in [2.05, 4.69) is 19.5 Å². The number of nitrogens with one attached hydrogen (secondary N) is 1. The molecule has 0 radical (unpaired) electrons. The third-order valence-electron chi connectivity index (χ3n) is 2.86. The molecule has 0 fully saturated rings. The number of hydrogen-bond acceptors (Lipinski definition) is 7. The molecule has 120 valence electrons. The lowest BCUT2D eigenvalue weighted by Gasteiger charge is -2.26. The van der Waals surface area contributed by atoms with Crippen LogP contribution in [0.5, 0.6) is 0 Å². The second kappa shape index (κ2) is 8.90. The van der Waals surface area contributed by atoms with Gasteiger partial charge in [0.1, 0.15) is 12.6 Å². The van der Waals surface area contributed by atoms with Crippen molar-refractivity contribution in [3.8, 4) is 0 Å². The molecule has 0 heterocycles. The summed E-state index contributed by atoms with van der Waals surface area (Å²) in [5, 5.41) is 2.30. The van der Waals surface area contributed by atoms with Gasteiger partial charge >= 0.3 is 11.9 Å². The molecule has 0 aliphatic rings. The molecular weight excluding hydrogens is 284 g/mol. The molecular formula is C12H20N2O7. The second-order valence-corrected chi connectivity index (χ2v) is 4.26. The highest BCUT2D eigenvalue weighted by Crippen LogP contribution is 2.19. The van der Waals surface area contributed by atoms with E-state index < -0.39 is 41.6 Å². The van der Waals surface area contributed by atoms with Crippen molar-refractivity contribution in [3.63, 3.8) is 0 Å². The summed E-state index contributed by atoms with van der Waals surface area (Å²) in [7, 11) is 3.48. The first kappa shape index (κ1) is 18.8. The number of esters is 2. The van der Waals surface area contributed by atoms with E-state index in [0.29, 0.717) is 0 Å². The van der Waals surface area contributed by atoms with Gasteiger partial charge in [-0.15, -0.1) is 0 Å². The van der Waals surface area contributed by atoms with E-state index in [0.717, 1.165) is 14.2 Å². The summed E-state index contributed by atoms with van der Waals surface area (Å²) < 4.78 is 13.6. The maximum absolute atomic E-state index is 11.7. The zero-order valence-corrected chi connectivity index (χ0v) is 12.4. The Morgan fingerprint density at radius 3 is 1.86 bits per heavy atom. The molecule has 0 unspecified atom stereocenters. The fourth-order valence-corrected chi connectivity index (χ4v) is 1.78. The van der Waals surface area contributed by atoms with Gasteiger partial charge in [0, 0.05) is 13.0 Å². The van der Waals surface area contributed by atoms with Gasteiger partial charge in [-0.1, -0.05) is 6.92 Å². The summed E-state index contributed by atoms with van der Waals surface area (Å²) in [4.78, 5) is 46.3. The average Bonchev–Trinajstić information content (AvgIpc) is 2.44. The van der Waals surface area contributed by atoms with Crippen molar-refractivity contribution in [2.24, 2.45) is 17.6 Å². The first-order valence-corrected chi connectivity index (χ1v) is 6.03. The molecule has 21 heavy (non-hydrogen) atoms. The highest BCUT2D eigenvalue weighted by Gasteiger charge is 2.41. The summed E-state index contributed by atoms with van der Waals surface area (Å²) in [5.74, 6) is -5.63. The number of methoxy groups -OCH3 is 3. The summed E-state index contributed by atoms with van der Waals surface area (Å²) in [6.45, 7) is 1.11. The van der Waals surface area contributed by atoms with Gasteiger partial charge in [0.2, 0.25) is 11.8 Å². The first-order valence-electron chi connectivity index (χ1n) is 6.03. The van der Waals surface area contributed by atoms with E-state index in [1.54, 1.807) is 0 Å². The molecule has 0 saturated heterocycles. The molecule has 0 saturated carbocycles. The Morgan fingerprint density at radius 1 is 1.05 bits per heavy atom. The number of rotatable bonds is 8. The van der Waals surface area contributed by atoms with Crippen LogP contribution in [0, 0.1) is 11.8 Å². The maximum Gasteiger partial charge on any atom is 0.320 e. The van der Waals surface area contributed by atoms with E-state index in [1.165, 1.54) is 14.0 Å². The fourth-order valence-electron chi connectivity index (χ4n) is 1.78. The van der Waals surface area contributed by atoms with E-state index >= 15 is 0 Å². The Hall–Kier alpha value is -2.16. The molecule has 0 rings (SSSR count). The van der Waals surface area contributed by atoms with Crippen molar-refractivity contribution < 1.29 is 33.4 Å². The zero-order valence-electron chi connectivity index (χ0n) is 12.4. The summed E-state index contributed by atoms with van der Waals surface area (Å²) in [6, 6.07) is -1.25. The summed E-state index contributed by atoms with van der Waals surface area (Å²) >= 11 is 0. The third-order valence-corrected chi connectivity index (χ3v) is 2.86. The van der Waals surface area contributed by atoms with E-state index in [1.807, 2.05) is 0 Å². The predicted molar refractivity (Wildman–Crippen MR) is 69.7 cm³/mol. The van der Waals surface area contributed by atoms with Crippen LogP contribution in [-0.2, 0) is 33.4 Å². The van der Waals surface area contributed by atoms with E-state index in [-0.39, 0.29) is 6.61 Å². The Kier molecular flexibility index (Phi) is 7.99. The number of nitrogens with two attached hydrogens (primary N) is 1. The van der Waals surface area contributed by atoms with Crippen LogP contribution in [-0.4, -0.2) is 57.7 Å². The van der Waals surface area contributed by atoms with Crippen molar-refractivity contribution in [1.82, 2.24) is 5.32 Å². The number of carbonyl (C=O) groups excluding carboxylic acids is 4. The molecule has 2 amide bonds. The lowest BCUT2D eigenvalue weighted by Crippen LogP contribution is -2.53. The summed E-state index contributed by atoms with van der Waals surface area (Å²) in [6.07, 6.45) is 0. The Balaban J connectivity index is 5.26. The molecule has 0 aromatic heterocycles. The van der Waals surface area contributed by atoms with E-state index in [9.17, 15) is 19.2 Å². The van der Waals surface area contributed by atoms with Gasteiger partial charge in [0.25, 0.3) is 0 Å². The molecule has 3 N–H and O–H groups in total. The van der Waals surface area contributed by atoms with Gasteiger partial charge in [-0.3, -0.25) is 19.2 Å². The molecule has 9 nitrogen and oxygen atoms in total. The van der Waals surface area contributed by atoms with Crippen molar-refractivity contribution in [3.05, 3.63) is 0 Å². The highest BCUT2D eigenvalue weighted by atomic mass is 16.5. The molecule has 9 heteroatoms. The number of hydrogen-bond donors (Lipinski definition) is 2. The minimum atomic E-state index is -1.39. The first-order chi connectivity index (χ1) is 9.79. The van der Waals surface area contributed by atoms with Crippen LogP contribution in [0.2, 0.25) is 0 Å². The third kappa shape index (κ3) is 5.38. The minimum Gasteiger partial charge on any atom is -0.468 e. The Labute approximate surface area is 122 Å². The molecule has 0 spiro atoms. The topological polar surface area (TPSA) is 134 Å². The van der Waals surface area contributed by atoms with Crippen molar-refractivity contribution in [2.75, 3.05) is 27.9 Å². The van der Waals surface area contributed by atoms with Crippen LogP contribution in [0.1, 0.15) is 6.92 Å². The SMILES string of the molecule is COCC(=O)N[C@H](C(N)=O)[C@@H](C)C(C(=O)OC)C(=O)OC. The molecule has 0 aliphatic heterocycles. The maximum atomic E-state index is 11.7. The number of carbonyl (C=O) groups is 4. The van der Waals surface area contributed by atoms with Crippen LogP contribution < -0.4 is 11.1 Å². The van der Waals surface area contributed by atoms with Crippen LogP contribution >= 0.6 is 0 Å². The Bertz CT molecular complexity index is 394. The number of amides is 2. The van der Waals surface area contributed by atoms with Crippen LogP contribution in [0.4, 0.5) is 0 Å². The quantitative estimate of drug-likeness (QED) is 0.399. The van der Waals surface area contributed by atoms with Crippen molar-refractivity contribution in [2.45, 2.75) is 13.0 Å². The molecule has 0 aliphatic carbocycles. The Morgan fingerprint density at radius 2 is 1.52 bits per heavy atom. The monoisotopic (exact) mass is 304 g/mol. The molecule has 2 atom stereocenters. The average molecular weight is 304 g/mol. The highest BCUT2D eigenvalue weighted by molar-refractivity contribution is 5.97. The molecule has 0 aromatic rings. The van der Waals surface area contributed by atoms with Gasteiger partial charge in [-0.25, -0.2) is 0 Å². The van der Waals surface area contributed by atoms with Gasteiger partial charge < -0.3 is 25.3 Å². The van der Waals surface area contributed by atoms with Crippen LogP contribution in [0.25, 0.3) is 0 Å². The number of ether oxygens (including phenoxy) is 3. The van der Waals surface area contributed by atoms with Gasteiger partial charge in [0.15, 0.2) is 5.92 Å². The van der Waals surface area contributed by atoms with Crippen molar-refractivity contribution in [1.29, 1.82) is 0 Å². The summed E-state index contributed by atoms with van der Waals surface area (Å²) in [5.41, 5.74) is 5.20. The largest absolute Gasteiger partial charge is 0.468 e. The zero-order chi connectivity index (χ0) is 16.6. The molecule has 0 aromatic carbocycles. The van der Waals surface area contributed by atoms with Crippen molar-refractivity contribution >= 4 is 23.8 Å².